The summed E-state index contributed by atoms with van der Waals surface area (Å²) in [5, 5.41) is 3.14. The molecule has 31 heavy (non-hydrogen) atoms. The van der Waals surface area contributed by atoms with Crippen molar-refractivity contribution in [1.82, 2.24) is 0 Å². The predicted molar refractivity (Wildman–Crippen MR) is 131 cm³/mol. The fourth-order valence-electron chi connectivity index (χ4n) is 3.90. The van der Waals surface area contributed by atoms with Crippen molar-refractivity contribution >= 4 is 24.8 Å². The summed E-state index contributed by atoms with van der Waals surface area (Å²) in [5.74, 6) is 0.533. The number of anilines is 1. The number of nitrogens with one attached hydrogen (secondary N) is 1. The number of rotatable bonds is 10. The van der Waals surface area contributed by atoms with Crippen LogP contribution >= 0.6 is 7.26 Å². The van der Waals surface area contributed by atoms with Crippen LogP contribution in [-0.2, 0) is 20.9 Å². The molecule has 0 radical (unpaired) electrons. The van der Waals surface area contributed by atoms with Gasteiger partial charge in [0.05, 0.1) is 0 Å². The number of amides is 1. The van der Waals surface area contributed by atoms with E-state index < -0.39 is 7.26 Å². The molecule has 0 spiro atoms. The third-order valence-electron chi connectivity index (χ3n) is 5.67. The number of benzene rings is 2. The number of hydrogen-bond donors (Lipinski definition) is 1. The molecule has 0 fully saturated rings. The van der Waals surface area contributed by atoms with E-state index in [1.54, 1.807) is 7.11 Å². The van der Waals surface area contributed by atoms with Gasteiger partial charge in [-0.1, -0.05) is 0 Å². The average Bonchev–Trinajstić information content (AvgIpc) is 2.73. The van der Waals surface area contributed by atoms with Crippen LogP contribution in [0.15, 0.2) is 42.5 Å². The Labute approximate surface area is 186 Å². The number of ether oxygens (including phenoxy) is 2. The van der Waals surface area contributed by atoms with Crippen molar-refractivity contribution in [3.8, 4) is 5.75 Å². The van der Waals surface area contributed by atoms with E-state index in [1.807, 2.05) is 56.3 Å². The van der Waals surface area contributed by atoms with Gasteiger partial charge >= 0.3 is 187 Å². The first-order valence-corrected chi connectivity index (χ1v) is 14.1. The molecule has 5 nitrogen and oxygen atoms in total. The van der Waals surface area contributed by atoms with Crippen LogP contribution in [0.4, 0.5) is 5.69 Å². The zero-order valence-electron chi connectivity index (χ0n) is 19.6. The minimum atomic E-state index is -2.24. The van der Waals surface area contributed by atoms with Gasteiger partial charge in [0.25, 0.3) is 0 Å². The Morgan fingerprint density at radius 2 is 1.68 bits per heavy atom. The van der Waals surface area contributed by atoms with Crippen LogP contribution in [0.3, 0.4) is 0 Å². The number of carbonyl (C=O) groups is 2. The van der Waals surface area contributed by atoms with Crippen molar-refractivity contribution in [2.75, 3.05) is 31.9 Å². The number of esters is 1. The Morgan fingerprint density at radius 3 is 2.23 bits per heavy atom. The normalized spacial score (nSPS) is 12.7. The van der Waals surface area contributed by atoms with E-state index in [0.717, 1.165) is 41.0 Å². The molecule has 2 rings (SSSR count). The van der Waals surface area contributed by atoms with Crippen LogP contribution in [-0.4, -0.2) is 44.1 Å². The van der Waals surface area contributed by atoms with Crippen LogP contribution in [0.25, 0.3) is 0 Å². The molecule has 0 bridgehead atoms. The molecule has 0 aliphatic rings. The molecule has 0 heterocycles. The molecule has 2 aromatic rings. The van der Waals surface area contributed by atoms with E-state index in [9.17, 15) is 9.59 Å². The van der Waals surface area contributed by atoms with Crippen LogP contribution in [0.1, 0.15) is 36.5 Å². The van der Waals surface area contributed by atoms with Crippen molar-refractivity contribution in [2.45, 2.75) is 45.9 Å². The Balaban J connectivity index is 2.09. The maximum atomic E-state index is 13.3. The monoisotopic (exact) mass is 445 g/mol. The average molecular weight is 446 g/mol. The van der Waals surface area contributed by atoms with Crippen LogP contribution in [0.2, 0.25) is 0 Å². The zero-order chi connectivity index (χ0) is 23.0. The van der Waals surface area contributed by atoms with Gasteiger partial charge in [-0.25, -0.2) is 0 Å². The maximum absolute atomic E-state index is 13.3. The fraction of sp³-hybridized carbons (Fsp3) is 0.440. The van der Waals surface area contributed by atoms with E-state index in [2.05, 4.69) is 25.6 Å². The molecular formula is C25H36NO4P. The molecule has 0 saturated carbocycles. The van der Waals surface area contributed by atoms with Crippen molar-refractivity contribution in [3.05, 3.63) is 59.2 Å². The molecule has 170 valence electrons. The van der Waals surface area contributed by atoms with Gasteiger partial charge in [-0.3, -0.25) is 0 Å². The van der Waals surface area contributed by atoms with Crippen molar-refractivity contribution in [1.29, 1.82) is 0 Å². The summed E-state index contributed by atoms with van der Waals surface area (Å²) in [6.45, 7) is 10.5. The zero-order valence-corrected chi connectivity index (χ0v) is 20.6. The summed E-state index contributed by atoms with van der Waals surface area (Å²) in [4.78, 5) is 25.9. The number of methoxy groups -OCH3 is 1. The summed E-state index contributed by atoms with van der Waals surface area (Å²) in [5.41, 5.74) is 3.53. The van der Waals surface area contributed by atoms with E-state index in [-0.39, 0.29) is 24.1 Å². The molecule has 1 unspecified atom stereocenters. The fourth-order valence-corrected chi connectivity index (χ4v) is 6.84. The van der Waals surface area contributed by atoms with Crippen molar-refractivity contribution in [3.63, 3.8) is 0 Å². The van der Waals surface area contributed by atoms with Crippen molar-refractivity contribution < 1.29 is 19.1 Å². The number of aryl methyl sites for hydroxylation is 2. The molecular weight excluding hydrogens is 409 g/mol. The van der Waals surface area contributed by atoms with Gasteiger partial charge in [-0.2, -0.15) is 0 Å². The van der Waals surface area contributed by atoms with E-state index in [1.165, 1.54) is 0 Å². The third kappa shape index (κ3) is 7.07. The molecule has 6 heteroatoms. The topological polar surface area (TPSA) is 64.6 Å². The van der Waals surface area contributed by atoms with E-state index in [0.29, 0.717) is 6.16 Å². The summed E-state index contributed by atoms with van der Waals surface area (Å²) >= 11 is 0. The van der Waals surface area contributed by atoms with Gasteiger partial charge in [0, 0.05) is 0 Å². The first kappa shape index (κ1) is 24.9. The second-order valence-corrected chi connectivity index (χ2v) is 13.8. The van der Waals surface area contributed by atoms with Gasteiger partial charge in [0.15, 0.2) is 0 Å². The van der Waals surface area contributed by atoms with Crippen molar-refractivity contribution in [2.24, 2.45) is 0 Å². The van der Waals surface area contributed by atoms with Crippen LogP contribution in [0.5, 0.6) is 5.75 Å². The molecule has 0 aliphatic carbocycles. The van der Waals surface area contributed by atoms with Gasteiger partial charge in [0.1, 0.15) is 0 Å². The van der Waals surface area contributed by atoms with E-state index >= 15 is 0 Å². The second-order valence-electron chi connectivity index (χ2n) is 8.78. The van der Waals surface area contributed by atoms with E-state index in [4.69, 9.17) is 9.47 Å². The first-order valence-electron chi connectivity index (χ1n) is 10.8. The molecule has 1 N–H and O–H groups in total. The molecule has 0 aromatic heterocycles. The quantitative estimate of drug-likeness (QED) is 0.405. The van der Waals surface area contributed by atoms with Crippen LogP contribution in [0, 0.1) is 13.8 Å². The summed E-state index contributed by atoms with van der Waals surface area (Å²) in [6.07, 6.45) is 1.96. The summed E-state index contributed by atoms with van der Waals surface area (Å²) in [7, 11) is -0.602. The molecule has 1 amide bonds. The first-order chi connectivity index (χ1) is 14.7. The van der Waals surface area contributed by atoms with Gasteiger partial charge in [-0.05, 0) is 0 Å². The number of carbonyl (C=O) groups excluding carboxylic acids is 2. The number of hydrogen-bond acceptors (Lipinski definition) is 4. The summed E-state index contributed by atoms with van der Waals surface area (Å²) in [6, 6.07) is 13.5. The third-order valence-corrected chi connectivity index (χ3v) is 9.31. The molecule has 0 saturated heterocycles. The Morgan fingerprint density at radius 1 is 1.06 bits per heavy atom. The summed E-state index contributed by atoms with van der Waals surface area (Å²) < 4.78 is 10.8. The van der Waals surface area contributed by atoms with Gasteiger partial charge in [0.2, 0.25) is 0 Å². The predicted octanol–water partition coefficient (Wildman–Crippen LogP) is 5.17. The standard InChI is InChI=1S/C25H36NO4P/c1-7-11-22(25(28)26-24-18(2)14-21(29-4)15-19(24)3)31(5,6)17-23(27)30-16-20-12-9-8-10-13-20/h8-10,12-15,22,31H,7,11,16-17H2,1-6H3,(H,26,28). The molecule has 1 atom stereocenters. The molecule has 0 aliphatic heterocycles. The Hall–Kier alpha value is -2.39. The molecule has 2 aromatic carbocycles. The Bertz CT molecular complexity index is 873. The van der Waals surface area contributed by atoms with Crippen LogP contribution < -0.4 is 10.1 Å². The van der Waals surface area contributed by atoms with Gasteiger partial charge < -0.3 is 0 Å². The minimum absolute atomic E-state index is 0.00857. The second kappa shape index (κ2) is 11.3. The van der Waals surface area contributed by atoms with Gasteiger partial charge in [-0.15, -0.1) is 0 Å². The SMILES string of the molecule is CCCC(C(=O)Nc1c(C)cc(OC)cc1C)[PH](C)(C)CC(=O)OCc1ccccc1. The Kier molecular flexibility index (Phi) is 9.06.